The number of amides is 2. The molecule has 37 heavy (non-hydrogen) atoms. The van der Waals surface area contributed by atoms with E-state index in [4.69, 9.17) is 0 Å². The highest BCUT2D eigenvalue weighted by molar-refractivity contribution is 5.96. The third kappa shape index (κ3) is 5.09. The molecule has 0 bridgehead atoms. The normalized spacial score (nSPS) is 17.7. The number of benzene rings is 2. The highest BCUT2D eigenvalue weighted by atomic mass is 19.4. The van der Waals surface area contributed by atoms with Gasteiger partial charge in [-0.15, -0.1) is 10.2 Å². The van der Waals surface area contributed by atoms with Crippen molar-refractivity contribution < 1.29 is 27.2 Å². The average Bonchev–Trinajstić information content (AvgIpc) is 3.32. The van der Waals surface area contributed by atoms with E-state index < -0.39 is 29.8 Å². The van der Waals surface area contributed by atoms with Crippen LogP contribution in [0.5, 0.6) is 0 Å². The van der Waals surface area contributed by atoms with Gasteiger partial charge in [0.2, 0.25) is 11.7 Å². The van der Waals surface area contributed by atoms with Crippen molar-refractivity contribution in [3.8, 4) is 0 Å². The fraction of sp³-hybridized carbons (Fsp3) is 0.320. The van der Waals surface area contributed by atoms with E-state index in [9.17, 15) is 27.2 Å². The molecule has 2 aliphatic heterocycles. The Morgan fingerprint density at radius 1 is 1.03 bits per heavy atom. The summed E-state index contributed by atoms with van der Waals surface area (Å²) in [5.74, 6) is -2.70. The molecule has 12 heteroatoms. The molecule has 3 heterocycles. The van der Waals surface area contributed by atoms with Crippen molar-refractivity contribution in [1.82, 2.24) is 25.1 Å². The van der Waals surface area contributed by atoms with E-state index in [0.717, 1.165) is 10.1 Å². The lowest BCUT2D eigenvalue weighted by Gasteiger charge is -2.36. The van der Waals surface area contributed by atoms with Gasteiger partial charge < -0.3 is 9.47 Å². The van der Waals surface area contributed by atoms with Crippen LogP contribution < -0.4 is 5.43 Å². The minimum absolute atomic E-state index is 0.000330. The second-order valence-corrected chi connectivity index (χ2v) is 8.94. The lowest BCUT2D eigenvalue weighted by atomic mass is 9.98. The Morgan fingerprint density at radius 2 is 1.81 bits per heavy atom. The molecule has 0 saturated carbocycles. The summed E-state index contributed by atoms with van der Waals surface area (Å²) in [6, 6.07) is 12.2. The lowest BCUT2D eigenvalue weighted by molar-refractivity contribution is -0.148. The molecule has 0 aliphatic carbocycles. The summed E-state index contributed by atoms with van der Waals surface area (Å²) in [5, 5.41) is 11.2. The second kappa shape index (κ2) is 9.75. The predicted molar refractivity (Wildman–Crippen MR) is 124 cm³/mol. The molecule has 1 unspecified atom stereocenters. The van der Waals surface area contributed by atoms with Gasteiger partial charge in [-0.3, -0.25) is 9.59 Å². The number of nitrogens with zero attached hydrogens (tertiary/aromatic N) is 5. The van der Waals surface area contributed by atoms with E-state index in [0.29, 0.717) is 30.5 Å². The molecule has 2 aliphatic rings. The second-order valence-electron chi connectivity index (χ2n) is 8.94. The Kier molecular flexibility index (Phi) is 6.48. The highest BCUT2D eigenvalue weighted by Gasteiger charge is 2.43. The maximum atomic E-state index is 14.9. The largest absolute Gasteiger partial charge is 0.451 e. The summed E-state index contributed by atoms with van der Waals surface area (Å²) in [4.78, 5) is 26.3. The molecule has 1 atom stereocenters. The van der Waals surface area contributed by atoms with Crippen LogP contribution in [-0.2, 0) is 30.4 Å². The van der Waals surface area contributed by atoms with Crippen molar-refractivity contribution in [3.63, 3.8) is 0 Å². The zero-order valence-corrected chi connectivity index (χ0v) is 19.5. The third-order valence-corrected chi connectivity index (χ3v) is 6.45. The Labute approximate surface area is 209 Å². The van der Waals surface area contributed by atoms with Crippen molar-refractivity contribution in [2.75, 3.05) is 6.54 Å². The van der Waals surface area contributed by atoms with Crippen LogP contribution >= 0.6 is 0 Å². The van der Waals surface area contributed by atoms with Crippen LogP contribution in [-0.4, -0.2) is 43.7 Å². The fourth-order valence-corrected chi connectivity index (χ4v) is 4.65. The van der Waals surface area contributed by atoms with E-state index in [1.54, 1.807) is 30.3 Å². The number of fused-ring (bicyclic) bond motifs is 1. The van der Waals surface area contributed by atoms with Crippen LogP contribution in [0.4, 0.5) is 17.6 Å². The first-order chi connectivity index (χ1) is 17.7. The highest BCUT2D eigenvalue weighted by Crippen LogP contribution is 2.35. The SMILES string of the molecule is O=C1CCC(Cc2ccc(F)c(C(=O)N3CCn4c(nnc4C(F)(F)F)C3Cc3ccccc3)c2)=NN1. The number of hydrazone groups is 1. The van der Waals surface area contributed by atoms with E-state index in [2.05, 4.69) is 20.7 Å². The number of halogens is 4. The van der Waals surface area contributed by atoms with E-state index in [1.165, 1.54) is 23.1 Å². The summed E-state index contributed by atoms with van der Waals surface area (Å²) < 4.78 is 56.4. The molecule has 1 aromatic heterocycles. The summed E-state index contributed by atoms with van der Waals surface area (Å²) in [5.41, 5.74) is 4.31. The molecule has 0 spiro atoms. The zero-order chi connectivity index (χ0) is 26.2. The fourth-order valence-electron chi connectivity index (χ4n) is 4.65. The monoisotopic (exact) mass is 514 g/mol. The van der Waals surface area contributed by atoms with Gasteiger partial charge in [-0.1, -0.05) is 36.4 Å². The molecule has 1 N–H and O–H groups in total. The minimum Gasteiger partial charge on any atom is -0.326 e. The first-order valence-corrected chi connectivity index (χ1v) is 11.7. The summed E-state index contributed by atoms with van der Waals surface area (Å²) >= 11 is 0. The molecule has 192 valence electrons. The van der Waals surface area contributed by atoms with E-state index in [1.807, 2.05) is 0 Å². The first kappa shape index (κ1) is 24.6. The van der Waals surface area contributed by atoms with Crippen molar-refractivity contribution in [2.45, 2.75) is 44.4 Å². The van der Waals surface area contributed by atoms with Gasteiger partial charge >= 0.3 is 6.18 Å². The van der Waals surface area contributed by atoms with Crippen molar-refractivity contribution in [1.29, 1.82) is 0 Å². The molecule has 2 aromatic carbocycles. The van der Waals surface area contributed by atoms with Gasteiger partial charge in [0.25, 0.3) is 5.91 Å². The number of alkyl halides is 3. The smallest absolute Gasteiger partial charge is 0.326 e. The molecule has 2 amide bonds. The van der Waals surface area contributed by atoms with Gasteiger partial charge in [-0.05, 0) is 29.7 Å². The Hall–Kier alpha value is -4.09. The van der Waals surface area contributed by atoms with E-state index >= 15 is 0 Å². The Balaban J connectivity index is 1.48. The molecular formula is C25H22F4N6O2. The number of nitrogens with one attached hydrogen (secondary N) is 1. The third-order valence-electron chi connectivity index (χ3n) is 6.45. The number of carbonyl (C=O) groups is 2. The van der Waals surface area contributed by atoms with Crippen LogP contribution in [0.15, 0.2) is 53.6 Å². The van der Waals surface area contributed by atoms with E-state index in [-0.39, 0.29) is 36.8 Å². The number of hydrogen-bond acceptors (Lipinski definition) is 5. The van der Waals surface area contributed by atoms with Gasteiger partial charge in [0.15, 0.2) is 5.82 Å². The van der Waals surface area contributed by atoms with Gasteiger partial charge in [0.05, 0.1) is 11.6 Å². The maximum absolute atomic E-state index is 14.9. The maximum Gasteiger partial charge on any atom is 0.451 e. The molecular weight excluding hydrogens is 492 g/mol. The molecule has 8 nitrogen and oxygen atoms in total. The summed E-state index contributed by atoms with van der Waals surface area (Å²) in [7, 11) is 0. The van der Waals surface area contributed by atoms with Gasteiger partial charge in [-0.25, -0.2) is 9.82 Å². The minimum atomic E-state index is -4.70. The molecule has 0 radical (unpaired) electrons. The number of carbonyl (C=O) groups excluding carboxylic acids is 2. The summed E-state index contributed by atoms with van der Waals surface area (Å²) in [6.07, 6.45) is -3.45. The Morgan fingerprint density at radius 3 is 2.51 bits per heavy atom. The van der Waals surface area contributed by atoms with Crippen LogP contribution in [0.25, 0.3) is 0 Å². The average molecular weight is 514 g/mol. The van der Waals surface area contributed by atoms with Crippen LogP contribution in [0.3, 0.4) is 0 Å². The van der Waals surface area contributed by atoms with Crippen LogP contribution in [0, 0.1) is 5.82 Å². The molecule has 0 fully saturated rings. The van der Waals surface area contributed by atoms with Gasteiger partial charge in [0, 0.05) is 38.1 Å². The van der Waals surface area contributed by atoms with Crippen LogP contribution in [0.2, 0.25) is 0 Å². The molecule has 0 saturated heterocycles. The number of rotatable bonds is 5. The zero-order valence-electron chi connectivity index (χ0n) is 19.5. The quantitative estimate of drug-likeness (QED) is 0.526. The topological polar surface area (TPSA) is 92.5 Å². The molecule has 5 rings (SSSR count). The van der Waals surface area contributed by atoms with Gasteiger partial charge in [-0.2, -0.15) is 18.3 Å². The number of aromatic nitrogens is 3. The lowest BCUT2D eigenvalue weighted by Crippen LogP contribution is -2.44. The standard InChI is InChI=1S/C25H22F4N6O2/c26-19-8-6-16(12-17-7-9-21(36)31-30-17)13-18(19)23(37)34-10-11-35-22(32-33-24(35)25(27,28)29)20(34)14-15-4-2-1-3-5-15/h1-6,8,13,20H,7,9-12,14H2,(H,31,36). The molecule has 3 aromatic rings. The Bertz CT molecular complexity index is 1370. The van der Waals surface area contributed by atoms with Crippen molar-refractivity contribution in [3.05, 3.63) is 82.7 Å². The van der Waals surface area contributed by atoms with Crippen molar-refractivity contribution in [2.24, 2.45) is 5.10 Å². The summed E-state index contributed by atoms with van der Waals surface area (Å²) in [6.45, 7) is -0.251. The predicted octanol–water partition coefficient (Wildman–Crippen LogP) is 3.68. The van der Waals surface area contributed by atoms with Crippen molar-refractivity contribution >= 4 is 17.5 Å². The first-order valence-electron chi connectivity index (χ1n) is 11.7. The van der Waals surface area contributed by atoms with Crippen LogP contribution in [0.1, 0.15) is 52.0 Å². The van der Waals surface area contributed by atoms with Gasteiger partial charge in [0.1, 0.15) is 5.82 Å². The number of hydrogen-bond donors (Lipinski definition) is 1.